The van der Waals surface area contributed by atoms with E-state index in [1.807, 2.05) is 0 Å². The molecule has 2 rings (SSSR count). The van der Waals surface area contributed by atoms with Crippen molar-refractivity contribution in [2.75, 3.05) is 7.11 Å². The van der Waals surface area contributed by atoms with Gasteiger partial charge in [0.1, 0.15) is 17.2 Å². The van der Waals surface area contributed by atoms with Crippen molar-refractivity contribution in [1.29, 1.82) is 0 Å². The van der Waals surface area contributed by atoms with Gasteiger partial charge >= 0.3 is 6.36 Å². The van der Waals surface area contributed by atoms with Crippen LogP contribution in [-0.2, 0) is 0 Å². The number of aromatic hydroxyl groups is 1. The van der Waals surface area contributed by atoms with E-state index in [9.17, 15) is 18.3 Å². The molecule has 2 aromatic carbocycles. The first-order chi connectivity index (χ1) is 9.39. The number of ether oxygens (including phenoxy) is 2. The zero-order valence-electron chi connectivity index (χ0n) is 10.4. The lowest BCUT2D eigenvalue weighted by Crippen LogP contribution is -2.17. The number of rotatable bonds is 3. The van der Waals surface area contributed by atoms with E-state index in [0.29, 0.717) is 16.9 Å². The van der Waals surface area contributed by atoms with Crippen LogP contribution >= 0.6 is 0 Å². The number of phenolic OH excluding ortho intramolecular Hbond substituents is 1. The zero-order valence-corrected chi connectivity index (χ0v) is 10.4. The molecule has 106 valence electrons. The molecular formula is C14H11F3O3. The van der Waals surface area contributed by atoms with Crippen LogP contribution in [0.2, 0.25) is 0 Å². The largest absolute Gasteiger partial charge is 0.573 e. The quantitative estimate of drug-likeness (QED) is 0.927. The number of alkyl halides is 3. The molecule has 0 atom stereocenters. The second kappa shape index (κ2) is 5.32. The van der Waals surface area contributed by atoms with Crippen molar-refractivity contribution in [3.05, 3.63) is 42.5 Å². The highest BCUT2D eigenvalue weighted by atomic mass is 19.4. The number of methoxy groups -OCH3 is 1. The summed E-state index contributed by atoms with van der Waals surface area (Å²) in [7, 11) is 1.45. The molecule has 0 saturated carbocycles. The molecule has 0 radical (unpaired) electrons. The van der Waals surface area contributed by atoms with E-state index in [0.717, 1.165) is 0 Å². The third-order valence-electron chi connectivity index (χ3n) is 2.58. The molecule has 0 aliphatic rings. The number of benzene rings is 2. The summed E-state index contributed by atoms with van der Waals surface area (Å²) in [5.74, 6) is 0.0210. The minimum absolute atomic E-state index is 0.0893. The van der Waals surface area contributed by atoms with Crippen molar-refractivity contribution in [3.8, 4) is 28.4 Å². The Hall–Kier alpha value is -2.37. The summed E-state index contributed by atoms with van der Waals surface area (Å²) in [4.78, 5) is 0. The zero-order chi connectivity index (χ0) is 14.8. The first-order valence-corrected chi connectivity index (χ1v) is 5.62. The average Bonchev–Trinajstić information content (AvgIpc) is 2.36. The Kier molecular flexibility index (Phi) is 3.74. The summed E-state index contributed by atoms with van der Waals surface area (Å²) < 4.78 is 45.3. The lowest BCUT2D eigenvalue weighted by Gasteiger charge is -2.11. The van der Waals surface area contributed by atoms with Gasteiger partial charge in [-0.2, -0.15) is 0 Å². The fraction of sp³-hybridized carbons (Fsp3) is 0.143. The maximum atomic E-state index is 12.2. The highest BCUT2D eigenvalue weighted by Crippen LogP contribution is 2.34. The van der Waals surface area contributed by atoms with E-state index in [1.54, 1.807) is 18.2 Å². The van der Waals surface area contributed by atoms with E-state index < -0.39 is 6.36 Å². The second-order valence-electron chi connectivity index (χ2n) is 3.96. The van der Waals surface area contributed by atoms with Crippen molar-refractivity contribution >= 4 is 0 Å². The Morgan fingerprint density at radius 3 is 2.35 bits per heavy atom. The van der Waals surface area contributed by atoms with Crippen LogP contribution in [0.4, 0.5) is 13.2 Å². The molecule has 0 amide bonds. The van der Waals surface area contributed by atoms with Crippen molar-refractivity contribution in [2.45, 2.75) is 6.36 Å². The lowest BCUT2D eigenvalue weighted by molar-refractivity contribution is -0.274. The normalized spacial score (nSPS) is 11.2. The smallest absolute Gasteiger partial charge is 0.507 e. The van der Waals surface area contributed by atoms with Crippen molar-refractivity contribution in [3.63, 3.8) is 0 Å². The molecule has 0 aliphatic heterocycles. The Bertz CT molecular complexity index is 609. The van der Waals surface area contributed by atoms with Crippen LogP contribution in [0.15, 0.2) is 42.5 Å². The molecule has 0 bridgehead atoms. The maximum Gasteiger partial charge on any atom is 0.573 e. The highest BCUT2D eigenvalue weighted by Gasteiger charge is 2.31. The van der Waals surface area contributed by atoms with Crippen LogP contribution in [0.1, 0.15) is 0 Å². The molecule has 0 unspecified atom stereocenters. The minimum atomic E-state index is -4.75. The summed E-state index contributed by atoms with van der Waals surface area (Å²) in [6, 6.07) is 9.93. The molecule has 6 heteroatoms. The van der Waals surface area contributed by atoms with Crippen LogP contribution in [0.5, 0.6) is 17.2 Å². The molecule has 0 heterocycles. The molecule has 0 aromatic heterocycles. The fourth-order valence-corrected chi connectivity index (χ4v) is 1.74. The van der Waals surface area contributed by atoms with Gasteiger partial charge in [-0.15, -0.1) is 13.2 Å². The molecule has 1 N–H and O–H groups in total. The average molecular weight is 284 g/mol. The first kappa shape index (κ1) is 14.0. The van der Waals surface area contributed by atoms with Gasteiger partial charge in [-0.05, 0) is 29.8 Å². The van der Waals surface area contributed by atoms with E-state index in [4.69, 9.17) is 4.74 Å². The van der Waals surface area contributed by atoms with Crippen LogP contribution in [-0.4, -0.2) is 18.6 Å². The summed E-state index contributed by atoms with van der Waals surface area (Å²) in [6.45, 7) is 0. The molecule has 0 aliphatic carbocycles. The SMILES string of the molecule is COc1ccc(-c2cccc(OC(F)(F)F)c2)c(O)c1. The van der Waals surface area contributed by atoms with Crippen LogP contribution in [0, 0.1) is 0 Å². The monoisotopic (exact) mass is 284 g/mol. The molecule has 2 aromatic rings. The van der Waals surface area contributed by atoms with Gasteiger partial charge < -0.3 is 14.6 Å². The van der Waals surface area contributed by atoms with Gasteiger partial charge in [0, 0.05) is 11.6 Å². The highest BCUT2D eigenvalue weighted by molar-refractivity contribution is 5.72. The minimum Gasteiger partial charge on any atom is -0.507 e. The van der Waals surface area contributed by atoms with E-state index >= 15 is 0 Å². The second-order valence-corrected chi connectivity index (χ2v) is 3.96. The number of halogens is 3. The summed E-state index contributed by atoms with van der Waals surface area (Å²) >= 11 is 0. The predicted octanol–water partition coefficient (Wildman–Crippen LogP) is 3.97. The first-order valence-electron chi connectivity index (χ1n) is 5.62. The van der Waals surface area contributed by atoms with Gasteiger partial charge in [0.2, 0.25) is 0 Å². The number of phenols is 1. The van der Waals surface area contributed by atoms with Crippen molar-refractivity contribution in [2.24, 2.45) is 0 Å². The van der Waals surface area contributed by atoms with Gasteiger partial charge in [-0.25, -0.2) is 0 Å². The van der Waals surface area contributed by atoms with Crippen LogP contribution < -0.4 is 9.47 Å². The Labute approximate surface area is 113 Å². The van der Waals surface area contributed by atoms with Gasteiger partial charge in [0.05, 0.1) is 7.11 Å². The fourth-order valence-electron chi connectivity index (χ4n) is 1.74. The summed E-state index contributed by atoms with van der Waals surface area (Å²) in [5.41, 5.74) is 0.797. The molecule has 0 spiro atoms. The van der Waals surface area contributed by atoms with E-state index in [2.05, 4.69) is 4.74 Å². The third-order valence-corrected chi connectivity index (χ3v) is 2.58. The molecule has 0 saturated heterocycles. The third kappa shape index (κ3) is 3.34. The van der Waals surface area contributed by atoms with Gasteiger partial charge in [-0.3, -0.25) is 0 Å². The number of hydrogen-bond acceptors (Lipinski definition) is 3. The lowest BCUT2D eigenvalue weighted by atomic mass is 10.0. The molecule has 0 fully saturated rings. The van der Waals surface area contributed by atoms with Gasteiger partial charge in [0.25, 0.3) is 0 Å². The predicted molar refractivity (Wildman–Crippen MR) is 66.8 cm³/mol. The molecular weight excluding hydrogens is 273 g/mol. The summed E-state index contributed by atoms with van der Waals surface area (Å²) in [6.07, 6.45) is -4.75. The Balaban J connectivity index is 2.36. The standard InChI is InChI=1S/C14H11F3O3/c1-19-10-5-6-12(13(18)8-10)9-3-2-4-11(7-9)20-14(15,16)17/h2-8,18H,1H3. The van der Waals surface area contributed by atoms with E-state index in [1.165, 1.54) is 31.4 Å². The molecule has 3 nitrogen and oxygen atoms in total. The maximum absolute atomic E-state index is 12.2. The van der Waals surface area contributed by atoms with E-state index in [-0.39, 0.29) is 11.5 Å². The van der Waals surface area contributed by atoms with Gasteiger partial charge in [0.15, 0.2) is 0 Å². The van der Waals surface area contributed by atoms with Gasteiger partial charge in [-0.1, -0.05) is 12.1 Å². The van der Waals surface area contributed by atoms with Crippen molar-refractivity contribution in [1.82, 2.24) is 0 Å². The Morgan fingerprint density at radius 1 is 1.00 bits per heavy atom. The number of hydrogen-bond donors (Lipinski definition) is 1. The van der Waals surface area contributed by atoms with Crippen LogP contribution in [0.25, 0.3) is 11.1 Å². The molecule has 20 heavy (non-hydrogen) atoms. The summed E-state index contributed by atoms with van der Waals surface area (Å²) in [5, 5.41) is 9.86. The van der Waals surface area contributed by atoms with Crippen LogP contribution in [0.3, 0.4) is 0 Å². The topological polar surface area (TPSA) is 38.7 Å². The Morgan fingerprint density at radius 2 is 1.75 bits per heavy atom. The van der Waals surface area contributed by atoms with Crippen molar-refractivity contribution < 1.29 is 27.8 Å².